The molecule has 0 atom stereocenters. The zero-order valence-corrected chi connectivity index (χ0v) is 22.0. The van der Waals surface area contributed by atoms with Crippen molar-refractivity contribution in [3.63, 3.8) is 0 Å². The lowest BCUT2D eigenvalue weighted by atomic mass is 9.75. The molecule has 36 heavy (non-hydrogen) atoms. The minimum Gasteiger partial charge on any atom is -0.493 e. The molecule has 1 fully saturated rings. The molecule has 2 aromatic heterocycles. The number of hydrogen-bond donors (Lipinski definition) is 1. The third kappa shape index (κ3) is 5.52. The molecule has 0 bridgehead atoms. The number of carbonyl (C=O) groups is 1. The highest BCUT2D eigenvalue weighted by Crippen LogP contribution is 2.37. The van der Waals surface area contributed by atoms with Crippen molar-refractivity contribution in [1.29, 1.82) is 10.5 Å². The number of carbonyl (C=O) groups excluding carboxylic acids is 1. The lowest BCUT2D eigenvalue weighted by Gasteiger charge is -2.34. The average molecular weight is 513 g/mol. The largest absolute Gasteiger partial charge is 0.493 e. The molecule has 2 aromatic rings. The molecular formula is C25H32N6O4S. The van der Waals surface area contributed by atoms with Gasteiger partial charge >= 0.3 is 0 Å². The Balaban J connectivity index is 1.89. The van der Waals surface area contributed by atoms with Gasteiger partial charge in [0.2, 0.25) is 0 Å². The lowest BCUT2D eigenvalue weighted by molar-refractivity contribution is 0.0927. The van der Waals surface area contributed by atoms with Gasteiger partial charge in [0.15, 0.2) is 23.0 Å². The number of aryl methyl sites for hydroxylation is 2. The van der Waals surface area contributed by atoms with Crippen LogP contribution in [0.5, 0.6) is 5.75 Å². The van der Waals surface area contributed by atoms with Crippen LogP contribution >= 0.6 is 0 Å². The van der Waals surface area contributed by atoms with Gasteiger partial charge in [-0.15, -0.1) is 0 Å². The van der Waals surface area contributed by atoms with Gasteiger partial charge in [0.05, 0.1) is 23.8 Å². The number of pyridine rings is 1. The Kier molecular flexibility index (Phi) is 8.36. The highest BCUT2D eigenvalue weighted by molar-refractivity contribution is 7.91. The van der Waals surface area contributed by atoms with Crippen LogP contribution in [0.15, 0.2) is 12.3 Å². The molecule has 2 heterocycles. The van der Waals surface area contributed by atoms with Crippen molar-refractivity contribution in [3.05, 3.63) is 35.0 Å². The van der Waals surface area contributed by atoms with Crippen molar-refractivity contribution in [2.45, 2.75) is 64.0 Å². The third-order valence-corrected chi connectivity index (χ3v) is 8.45. The second-order valence-corrected chi connectivity index (χ2v) is 11.6. The summed E-state index contributed by atoms with van der Waals surface area (Å²) < 4.78 is 30.8. The van der Waals surface area contributed by atoms with E-state index in [4.69, 9.17) is 4.74 Å². The zero-order chi connectivity index (χ0) is 26.5. The maximum absolute atomic E-state index is 13.2. The fourth-order valence-corrected chi connectivity index (χ4v) is 5.74. The summed E-state index contributed by atoms with van der Waals surface area (Å²) in [4.78, 5) is 22.1. The Labute approximate surface area is 212 Å². The van der Waals surface area contributed by atoms with Crippen molar-refractivity contribution < 1.29 is 17.9 Å². The van der Waals surface area contributed by atoms with Gasteiger partial charge in [0.1, 0.15) is 21.7 Å². The van der Waals surface area contributed by atoms with Crippen molar-refractivity contribution in [2.75, 3.05) is 19.9 Å². The normalized spacial score (nSPS) is 19.8. The van der Waals surface area contributed by atoms with E-state index in [-0.39, 0.29) is 17.9 Å². The molecule has 11 heteroatoms. The number of aromatic nitrogens is 3. The zero-order valence-electron chi connectivity index (χ0n) is 21.2. The van der Waals surface area contributed by atoms with E-state index < -0.39 is 26.4 Å². The highest BCUT2D eigenvalue weighted by Gasteiger charge is 2.39. The van der Waals surface area contributed by atoms with E-state index in [9.17, 15) is 23.7 Å². The molecule has 1 aliphatic carbocycles. The summed E-state index contributed by atoms with van der Waals surface area (Å²) >= 11 is 0. The van der Waals surface area contributed by atoms with Gasteiger partial charge in [-0.05, 0) is 43.7 Å². The smallest absolute Gasteiger partial charge is 0.272 e. The van der Waals surface area contributed by atoms with Gasteiger partial charge in [0, 0.05) is 25.4 Å². The summed E-state index contributed by atoms with van der Waals surface area (Å²) in [5.74, 6) is 0.767. The predicted molar refractivity (Wildman–Crippen MR) is 133 cm³/mol. The number of methoxy groups -OCH3 is 1. The quantitative estimate of drug-likeness (QED) is 0.539. The van der Waals surface area contributed by atoms with Crippen LogP contribution in [0.25, 0.3) is 5.82 Å². The summed E-state index contributed by atoms with van der Waals surface area (Å²) in [5.41, 5.74) is 0.124. The summed E-state index contributed by atoms with van der Waals surface area (Å²) in [6.07, 6.45) is 6.65. The summed E-state index contributed by atoms with van der Waals surface area (Å²) in [7, 11) is -1.65. The van der Waals surface area contributed by atoms with Crippen molar-refractivity contribution in [2.24, 2.45) is 5.41 Å². The van der Waals surface area contributed by atoms with Crippen molar-refractivity contribution in [1.82, 2.24) is 19.9 Å². The molecule has 1 N–H and O–H groups in total. The standard InChI is InChI=1S/C25H32N6O4S/c1-5-7-17-12-20(35-3)23(28-14-17)31-19(13-26)22(30-21(31)6-2)24(32)29-16-25(15-27)10-8-18(9-11-25)36(4,33)34/h12,14,18H,5-11,16H2,1-4H3,(H,29,32). The summed E-state index contributed by atoms with van der Waals surface area (Å²) in [6, 6.07) is 6.24. The first-order chi connectivity index (χ1) is 17.1. The molecule has 1 saturated carbocycles. The number of sulfone groups is 1. The number of rotatable bonds is 9. The summed E-state index contributed by atoms with van der Waals surface area (Å²) in [5, 5.41) is 22.1. The van der Waals surface area contributed by atoms with Crippen LogP contribution < -0.4 is 10.1 Å². The fraction of sp³-hybridized carbons (Fsp3) is 0.560. The van der Waals surface area contributed by atoms with Crippen LogP contribution in [0.4, 0.5) is 0 Å². The number of nitriles is 2. The van der Waals surface area contributed by atoms with Crippen LogP contribution in [-0.4, -0.2) is 54.0 Å². The number of ether oxygens (including phenoxy) is 1. The second kappa shape index (κ2) is 11.1. The molecule has 0 radical (unpaired) electrons. The minimum atomic E-state index is -3.17. The molecule has 3 rings (SSSR count). The molecule has 10 nitrogen and oxygen atoms in total. The van der Waals surface area contributed by atoms with E-state index in [1.54, 1.807) is 10.8 Å². The van der Waals surface area contributed by atoms with E-state index in [1.165, 1.54) is 13.4 Å². The fourth-order valence-electron chi connectivity index (χ4n) is 4.65. The molecular weight excluding hydrogens is 480 g/mol. The first-order valence-electron chi connectivity index (χ1n) is 12.1. The average Bonchev–Trinajstić information content (AvgIpc) is 3.25. The Bertz CT molecular complexity index is 1310. The number of nitrogens with one attached hydrogen (secondary N) is 1. The topological polar surface area (TPSA) is 151 Å². The number of hydrogen-bond acceptors (Lipinski definition) is 8. The van der Waals surface area contributed by atoms with Gasteiger partial charge in [-0.3, -0.25) is 9.36 Å². The summed E-state index contributed by atoms with van der Waals surface area (Å²) in [6.45, 7) is 3.98. The monoisotopic (exact) mass is 512 g/mol. The van der Waals surface area contributed by atoms with Gasteiger partial charge in [-0.25, -0.2) is 18.4 Å². The van der Waals surface area contributed by atoms with Gasteiger partial charge < -0.3 is 10.1 Å². The van der Waals surface area contributed by atoms with E-state index in [0.29, 0.717) is 49.5 Å². The van der Waals surface area contributed by atoms with Gasteiger partial charge in [0.25, 0.3) is 5.91 Å². The van der Waals surface area contributed by atoms with Crippen molar-refractivity contribution >= 4 is 15.7 Å². The maximum Gasteiger partial charge on any atom is 0.272 e. The third-order valence-electron chi connectivity index (χ3n) is 6.76. The first-order valence-corrected chi connectivity index (χ1v) is 14.0. The first kappa shape index (κ1) is 27.2. The minimum absolute atomic E-state index is 0.0326. The van der Waals surface area contributed by atoms with E-state index >= 15 is 0 Å². The van der Waals surface area contributed by atoms with Crippen LogP contribution in [-0.2, 0) is 22.7 Å². The number of nitrogens with zero attached hydrogens (tertiary/aromatic N) is 5. The molecule has 1 aliphatic rings. The second-order valence-electron chi connectivity index (χ2n) is 9.25. The Hall–Kier alpha value is -3.44. The number of imidazole rings is 1. The molecule has 0 aromatic carbocycles. The number of amides is 1. The highest BCUT2D eigenvalue weighted by atomic mass is 32.2. The van der Waals surface area contributed by atoms with Gasteiger partial charge in [-0.1, -0.05) is 20.3 Å². The van der Waals surface area contributed by atoms with Crippen LogP contribution in [0.2, 0.25) is 0 Å². The molecule has 0 spiro atoms. The molecule has 0 unspecified atom stereocenters. The predicted octanol–water partition coefficient (Wildman–Crippen LogP) is 2.89. The Morgan fingerprint density at radius 1 is 1.31 bits per heavy atom. The Morgan fingerprint density at radius 2 is 2.00 bits per heavy atom. The van der Waals surface area contributed by atoms with E-state index in [1.807, 2.05) is 13.0 Å². The Morgan fingerprint density at radius 3 is 2.53 bits per heavy atom. The molecule has 1 amide bonds. The lowest BCUT2D eigenvalue weighted by Crippen LogP contribution is -2.41. The van der Waals surface area contributed by atoms with Crippen LogP contribution in [0.3, 0.4) is 0 Å². The SMILES string of the molecule is CCCc1cnc(-n2c(CC)nc(C(=O)NCC3(C#N)CCC(S(C)(=O)=O)CC3)c2C#N)c(OC)c1. The van der Waals surface area contributed by atoms with Crippen molar-refractivity contribution in [3.8, 4) is 23.7 Å². The van der Waals surface area contributed by atoms with Crippen LogP contribution in [0.1, 0.15) is 73.5 Å². The van der Waals surface area contributed by atoms with E-state index in [2.05, 4.69) is 34.3 Å². The molecule has 0 aliphatic heterocycles. The van der Waals surface area contributed by atoms with E-state index in [0.717, 1.165) is 18.4 Å². The molecule has 192 valence electrons. The molecule has 0 saturated heterocycles. The van der Waals surface area contributed by atoms with Crippen LogP contribution in [0, 0.1) is 28.1 Å². The van der Waals surface area contributed by atoms with Gasteiger partial charge in [-0.2, -0.15) is 10.5 Å². The maximum atomic E-state index is 13.2.